The van der Waals surface area contributed by atoms with Crippen molar-refractivity contribution in [2.75, 3.05) is 19.6 Å². The Hall–Kier alpha value is -0.300. The smallest absolute Gasteiger partial charge is 0.00160 e. The maximum Gasteiger partial charge on any atom is 0.00160 e. The highest BCUT2D eigenvalue weighted by Gasteiger charge is 2.07. The molecule has 0 atom stereocenters. The van der Waals surface area contributed by atoms with Crippen molar-refractivity contribution in [3.8, 4) is 0 Å². The number of allylic oxidation sites excluding steroid dienone is 1. The Morgan fingerprint density at radius 2 is 1.83 bits per heavy atom. The molecule has 0 aliphatic carbocycles. The van der Waals surface area contributed by atoms with E-state index in [2.05, 4.69) is 24.8 Å². The van der Waals surface area contributed by atoms with Crippen LogP contribution in [-0.4, -0.2) is 24.5 Å². The Labute approximate surface area is 76.5 Å². The summed E-state index contributed by atoms with van der Waals surface area (Å²) in [6.07, 6.45) is 7.85. The molecule has 1 aliphatic rings. The number of nitrogens with zero attached hydrogens (tertiary/aromatic N) is 1. The van der Waals surface area contributed by atoms with Gasteiger partial charge in [-0.1, -0.05) is 18.1 Å². The topological polar surface area (TPSA) is 3.24 Å². The quantitative estimate of drug-likeness (QED) is 0.584. The molecule has 0 aromatic heterocycles. The van der Waals surface area contributed by atoms with Crippen LogP contribution in [0.1, 0.15) is 39.5 Å². The SMILES string of the molecule is CC(C)=CCCN1CCCCC1. The van der Waals surface area contributed by atoms with E-state index in [1.54, 1.807) is 0 Å². The third kappa shape index (κ3) is 3.91. The van der Waals surface area contributed by atoms with Crippen molar-refractivity contribution in [1.29, 1.82) is 0 Å². The van der Waals surface area contributed by atoms with Gasteiger partial charge in [-0.3, -0.25) is 0 Å². The molecule has 1 heterocycles. The second-order valence-corrected chi connectivity index (χ2v) is 3.97. The lowest BCUT2D eigenvalue weighted by atomic mass is 10.1. The summed E-state index contributed by atoms with van der Waals surface area (Å²) in [5.74, 6) is 0. The third-order valence-corrected chi connectivity index (χ3v) is 2.45. The van der Waals surface area contributed by atoms with E-state index in [0.717, 1.165) is 0 Å². The molecule has 0 N–H and O–H groups in total. The van der Waals surface area contributed by atoms with E-state index in [-0.39, 0.29) is 0 Å². The van der Waals surface area contributed by atoms with Crippen LogP contribution in [0.15, 0.2) is 11.6 Å². The van der Waals surface area contributed by atoms with E-state index in [1.165, 1.54) is 50.9 Å². The molecule has 0 bridgehead atoms. The van der Waals surface area contributed by atoms with Gasteiger partial charge in [0, 0.05) is 6.54 Å². The molecule has 12 heavy (non-hydrogen) atoms. The van der Waals surface area contributed by atoms with E-state index >= 15 is 0 Å². The zero-order valence-corrected chi connectivity index (χ0v) is 8.47. The van der Waals surface area contributed by atoms with Gasteiger partial charge in [-0.15, -0.1) is 0 Å². The zero-order chi connectivity index (χ0) is 8.81. The number of rotatable bonds is 3. The maximum atomic E-state index is 2.59. The fraction of sp³-hybridized carbons (Fsp3) is 0.818. The summed E-state index contributed by atoms with van der Waals surface area (Å²) in [7, 11) is 0. The summed E-state index contributed by atoms with van der Waals surface area (Å²) in [4.78, 5) is 2.59. The van der Waals surface area contributed by atoms with Crippen LogP contribution in [0.4, 0.5) is 0 Å². The molecular weight excluding hydrogens is 146 g/mol. The number of piperidine rings is 1. The van der Waals surface area contributed by atoms with Crippen molar-refractivity contribution >= 4 is 0 Å². The van der Waals surface area contributed by atoms with Crippen molar-refractivity contribution in [2.45, 2.75) is 39.5 Å². The summed E-state index contributed by atoms with van der Waals surface area (Å²) >= 11 is 0. The van der Waals surface area contributed by atoms with Crippen LogP contribution in [0.5, 0.6) is 0 Å². The maximum absolute atomic E-state index is 2.59. The van der Waals surface area contributed by atoms with Gasteiger partial charge in [0.1, 0.15) is 0 Å². The summed E-state index contributed by atoms with van der Waals surface area (Å²) in [6, 6.07) is 0. The van der Waals surface area contributed by atoms with Gasteiger partial charge in [0.15, 0.2) is 0 Å². The molecule has 0 unspecified atom stereocenters. The van der Waals surface area contributed by atoms with Gasteiger partial charge in [0.2, 0.25) is 0 Å². The fourth-order valence-electron chi connectivity index (χ4n) is 1.72. The Bertz CT molecular complexity index is 139. The average molecular weight is 167 g/mol. The molecular formula is C11H21N. The Morgan fingerprint density at radius 1 is 1.17 bits per heavy atom. The van der Waals surface area contributed by atoms with Gasteiger partial charge in [-0.25, -0.2) is 0 Å². The standard InChI is InChI=1S/C11H21N/c1-11(2)7-6-10-12-8-4-3-5-9-12/h7H,3-6,8-10H2,1-2H3. The fourth-order valence-corrected chi connectivity index (χ4v) is 1.72. The molecule has 0 spiro atoms. The van der Waals surface area contributed by atoms with Gasteiger partial charge in [-0.05, 0) is 46.2 Å². The lowest BCUT2D eigenvalue weighted by molar-refractivity contribution is 0.233. The highest BCUT2D eigenvalue weighted by Crippen LogP contribution is 2.09. The Balaban J connectivity index is 2.09. The van der Waals surface area contributed by atoms with Gasteiger partial charge in [0.05, 0.1) is 0 Å². The van der Waals surface area contributed by atoms with Crippen LogP contribution in [-0.2, 0) is 0 Å². The monoisotopic (exact) mass is 167 g/mol. The molecule has 1 nitrogen and oxygen atoms in total. The predicted octanol–water partition coefficient (Wildman–Crippen LogP) is 2.83. The van der Waals surface area contributed by atoms with Crippen LogP contribution < -0.4 is 0 Å². The number of likely N-dealkylation sites (tertiary alicyclic amines) is 1. The van der Waals surface area contributed by atoms with Crippen molar-refractivity contribution in [3.63, 3.8) is 0 Å². The molecule has 0 aromatic carbocycles. The minimum absolute atomic E-state index is 1.24. The predicted molar refractivity (Wildman–Crippen MR) is 54.3 cm³/mol. The molecule has 1 fully saturated rings. The van der Waals surface area contributed by atoms with E-state index in [1.807, 2.05) is 0 Å². The van der Waals surface area contributed by atoms with Crippen LogP contribution in [0.2, 0.25) is 0 Å². The molecule has 0 amide bonds. The molecule has 0 radical (unpaired) electrons. The largest absolute Gasteiger partial charge is 0.303 e. The second kappa shape index (κ2) is 5.36. The lowest BCUT2D eigenvalue weighted by Crippen LogP contribution is -2.30. The molecule has 70 valence electrons. The Kier molecular flexibility index (Phi) is 4.37. The van der Waals surface area contributed by atoms with Gasteiger partial charge in [-0.2, -0.15) is 0 Å². The first-order valence-electron chi connectivity index (χ1n) is 5.15. The van der Waals surface area contributed by atoms with E-state index < -0.39 is 0 Å². The first-order chi connectivity index (χ1) is 5.79. The average Bonchev–Trinajstić information content (AvgIpc) is 2.05. The van der Waals surface area contributed by atoms with Crippen LogP contribution in [0.3, 0.4) is 0 Å². The van der Waals surface area contributed by atoms with Crippen LogP contribution >= 0.6 is 0 Å². The summed E-state index contributed by atoms with van der Waals surface area (Å²) in [5.41, 5.74) is 1.45. The summed E-state index contributed by atoms with van der Waals surface area (Å²) in [6.45, 7) is 8.28. The first-order valence-corrected chi connectivity index (χ1v) is 5.15. The highest BCUT2D eigenvalue weighted by molar-refractivity contribution is 4.93. The number of hydrogen-bond donors (Lipinski definition) is 0. The van der Waals surface area contributed by atoms with Crippen molar-refractivity contribution < 1.29 is 0 Å². The third-order valence-electron chi connectivity index (χ3n) is 2.45. The van der Waals surface area contributed by atoms with Crippen molar-refractivity contribution in [3.05, 3.63) is 11.6 Å². The molecule has 1 saturated heterocycles. The highest BCUT2D eigenvalue weighted by atomic mass is 15.1. The van der Waals surface area contributed by atoms with E-state index in [9.17, 15) is 0 Å². The normalized spacial score (nSPS) is 19.2. The Morgan fingerprint density at radius 3 is 2.42 bits per heavy atom. The van der Waals surface area contributed by atoms with E-state index in [0.29, 0.717) is 0 Å². The second-order valence-electron chi connectivity index (χ2n) is 3.97. The molecule has 1 heteroatoms. The van der Waals surface area contributed by atoms with Gasteiger partial charge < -0.3 is 4.90 Å². The molecule has 0 saturated carbocycles. The summed E-state index contributed by atoms with van der Waals surface area (Å²) < 4.78 is 0. The minimum atomic E-state index is 1.24. The van der Waals surface area contributed by atoms with Crippen molar-refractivity contribution in [1.82, 2.24) is 4.90 Å². The van der Waals surface area contributed by atoms with Crippen LogP contribution in [0.25, 0.3) is 0 Å². The molecule has 0 aromatic rings. The minimum Gasteiger partial charge on any atom is -0.303 e. The zero-order valence-electron chi connectivity index (χ0n) is 8.47. The van der Waals surface area contributed by atoms with Gasteiger partial charge in [0.25, 0.3) is 0 Å². The van der Waals surface area contributed by atoms with Gasteiger partial charge >= 0.3 is 0 Å². The van der Waals surface area contributed by atoms with E-state index in [4.69, 9.17) is 0 Å². The van der Waals surface area contributed by atoms with Crippen molar-refractivity contribution in [2.24, 2.45) is 0 Å². The molecule has 1 aliphatic heterocycles. The number of hydrogen-bond acceptors (Lipinski definition) is 1. The first kappa shape index (κ1) is 9.79. The lowest BCUT2D eigenvalue weighted by Gasteiger charge is -2.25. The molecule has 1 rings (SSSR count). The summed E-state index contributed by atoms with van der Waals surface area (Å²) in [5, 5.41) is 0. The van der Waals surface area contributed by atoms with Crippen LogP contribution in [0, 0.1) is 0 Å².